The monoisotopic (exact) mass is 182 g/mol. The van der Waals surface area contributed by atoms with E-state index >= 15 is 0 Å². The second-order valence-corrected chi connectivity index (χ2v) is 3.19. The first-order valence-electron chi connectivity index (χ1n) is 5.34. The van der Waals surface area contributed by atoms with Crippen molar-refractivity contribution in [2.45, 2.75) is 45.4 Å². The summed E-state index contributed by atoms with van der Waals surface area (Å²) in [6.45, 7) is 2.48. The van der Waals surface area contributed by atoms with Crippen LogP contribution in [0.15, 0.2) is 24.3 Å². The van der Waals surface area contributed by atoms with Gasteiger partial charge >= 0.3 is 0 Å². The molecule has 0 atom stereocenters. The lowest BCUT2D eigenvalue weighted by Crippen LogP contribution is -1.82. The van der Waals surface area contributed by atoms with Crippen LogP contribution in [0.5, 0.6) is 0 Å². The molecule has 1 heteroatoms. The number of hydrogen-bond donors (Lipinski definition) is 1. The molecular weight excluding hydrogens is 160 g/mol. The number of allylic oxidation sites excluding steroid dienone is 4. The number of unbranched alkanes of at least 4 members (excludes halogenated alkanes) is 4. The summed E-state index contributed by atoms with van der Waals surface area (Å²) in [7, 11) is 0. The van der Waals surface area contributed by atoms with Gasteiger partial charge in [0.05, 0.1) is 0 Å². The number of hydrogen-bond acceptors (Lipinski definition) is 1. The van der Waals surface area contributed by atoms with E-state index in [2.05, 4.69) is 31.2 Å². The molecule has 13 heavy (non-hydrogen) atoms. The highest BCUT2D eigenvalue weighted by Crippen LogP contribution is 2.02. The minimum absolute atomic E-state index is 0.342. The smallest absolute Gasteiger partial charge is 0.0431 e. The van der Waals surface area contributed by atoms with E-state index < -0.39 is 0 Å². The Hall–Kier alpha value is -0.560. The van der Waals surface area contributed by atoms with Crippen LogP contribution in [0.25, 0.3) is 0 Å². The molecular formula is C12H22O. The van der Waals surface area contributed by atoms with E-state index in [0.29, 0.717) is 6.61 Å². The average molecular weight is 182 g/mol. The fourth-order valence-electron chi connectivity index (χ4n) is 1.12. The van der Waals surface area contributed by atoms with Crippen LogP contribution >= 0.6 is 0 Å². The average Bonchev–Trinajstić information content (AvgIpc) is 2.16. The zero-order chi connectivity index (χ0) is 9.78. The molecule has 76 valence electrons. The SMILES string of the molecule is CC/C=C/C=C\CCCCCCO. The Morgan fingerprint density at radius 2 is 1.62 bits per heavy atom. The minimum Gasteiger partial charge on any atom is -0.396 e. The van der Waals surface area contributed by atoms with Crippen molar-refractivity contribution in [3.8, 4) is 0 Å². The zero-order valence-corrected chi connectivity index (χ0v) is 8.71. The van der Waals surface area contributed by atoms with E-state index in [1.807, 2.05) is 0 Å². The predicted molar refractivity (Wildman–Crippen MR) is 58.7 cm³/mol. The molecule has 0 saturated carbocycles. The summed E-state index contributed by atoms with van der Waals surface area (Å²) in [5.41, 5.74) is 0. The Kier molecular flexibility index (Phi) is 10.9. The molecule has 0 aliphatic rings. The summed E-state index contributed by atoms with van der Waals surface area (Å²) in [5.74, 6) is 0. The normalized spacial score (nSPS) is 11.8. The van der Waals surface area contributed by atoms with Gasteiger partial charge in [0.1, 0.15) is 0 Å². The molecule has 0 amide bonds. The molecule has 1 N–H and O–H groups in total. The molecule has 0 heterocycles. The lowest BCUT2D eigenvalue weighted by atomic mass is 10.1. The standard InChI is InChI=1S/C12H22O/c1-2-3-4-5-6-7-8-9-10-11-12-13/h3-6,13H,2,7-12H2,1H3/b4-3+,6-5-. The van der Waals surface area contributed by atoms with E-state index in [1.165, 1.54) is 19.3 Å². The Bertz CT molecular complexity index is 136. The van der Waals surface area contributed by atoms with Crippen molar-refractivity contribution in [1.82, 2.24) is 0 Å². The zero-order valence-electron chi connectivity index (χ0n) is 8.71. The first kappa shape index (κ1) is 12.4. The van der Waals surface area contributed by atoms with Crippen LogP contribution in [-0.4, -0.2) is 11.7 Å². The summed E-state index contributed by atoms with van der Waals surface area (Å²) in [6, 6.07) is 0. The number of rotatable bonds is 8. The fraction of sp³-hybridized carbons (Fsp3) is 0.667. The first-order valence-corrected chi connectivity index (χ1v) is 5.34. The van der Waals surface area contributed by atoms with E-state index in [9.17, 15) is 0 Å². The Morgan fingerprint density at radius 3 is 2.31 bits per heavy atom. The van der Waals surface area contributed by atoms with Gasteiger partial charge in [0.25, 0.3) is 0 Å². The van der Waals surface area contributed by atoms with Crippen molar-refractivity contribution in [2.75, 3.05) is 6.61 Å². The highest BCUT2D eigenvalue weighted by molar-refractivity contribution is 5.01. The van der Waals surface area contributed by atoms with E-state index in [0.717, 1.165) is 19.3 Å². The maximum atomic E-state index is 8.54. The molecule has 0 radical (unpaired) electrons. The fourth-order valence-corrected chi connectivity index (χ4v) is 1.12. The third kappa shape index (κ3) is 11.4. The Morgan fingerprint density at radius 1 is 0.923 bits per heavy atom. The van der Waals surface area contributed by atoms with Crippen molar-refractivity contribution in [1.29, 1.82) is 0 Å². The van der Waals surface area contributed by atoms with Gasteiger partial charge in [0, 0.05) is 6.61 Å². The van der Waals surface area contributed by atoms with Gasteiger partial charge in [0.2, 0.25) is 0 Å². The van der Waals surface area contributed by atoms with Crippen LogP contribution in [0.4, 0.5) is 0 Å². The topological polar surface area (TPSA) is 20.2 Å². The van der Waals surface area contributed by atoms with E-state index in [4.69, 9.17) is 5.11 Å². The summed E-state index contributed by atoms with van der Waals surface area (Å²) in [6.07, 6.45) is 15.5. The van der Waals surface area contributed by atoms with Crippen LogP contribution in [0, 0.1) is 0 Å². The molecule has 0 aliphatic heterocycles. The molecule has 0 spiro atoms. The molecule has 0 saturated heterocycles. The lowest BCUT2D eigenvalue weighted by Gasteiger charge is -1.94. The summed E-state index contributed by atoms with van der Waals surface area (Å²) < 4.78 is 0. The van der Waals surface area contributed by atoms with Gasteiger partial charge in [-0.25, -0.2) is 0 Å². The lowest BCUT2D eigenvalue weighted by molar-refractivity contribution is 0.282. The number of aliphatic hydroxyl groups is 1. The molecule has 0 rings (SSSR count). The van der Waals surface area contributed by atoms with Gasteiger partial charge in [-0.15, -0.1) is 0 Å². The highest BCUT2D eigenvalue weighted by Gasteiger charge is 1.85. The maximum absolute atomic E-state index is 8.54. The van der Waals surface area contributed by atoms with Crippen LogP contribution < -0.4 is 0 Å². The van der Waals surface area contributed by atoms with Gasteiger partial charge in [0.15, 0.2) is 0 Å². The van der Waals surface area contributed by atoms with Crippen molar-refractivity contribution in [3.05, 3.63) is 24.3 Å². The molecule has 0 unspecified atom stereocenters. The second-order valence-electron chi connectivity index (χ2n) is 3.19. The van der Waals surface area contributed by atoms with Crippen molar-refractivity contribution in [3.63, 3.8) is 0 Å². The van der Waals surface area contributed by atoms with Gasteiger partial charge in [-0.05, 0) is 25.7 Å². The summed E-state index contributed by atoms with van der Waals surface area (Å²) in [5, 5.41) is 8.54. The van der Waals surface area contributed by atoms with Crippen LogP contribution in [0.3, 0.4) is 0 Å². The van der Waals surface area contributed by atoms with Crippen LogP contribution in [0.1, 0.15) is 45.4 Å². The highest BCUT2D eigenvalue weighted by atomic mass is 16.2. The van der Waals surface area contributed by atoms with Gasteiger partial charge < -0.3 is 5.11 Å². The Balaban J connectivity index is 3.06. The molecule has 1 nitrogen and oxygen atoms in total. The molecule has 0 aromatic rings. The van der Waals surface area contributed by atoms with Crippen LogP contribution in [0.2, 0.25) is 0 Å². The second kappa shape index (κ2) is 11.4. The third-order valence-electron chi connectivity index (χ3n) is 1.90. The van der Waals surface area contributed by atoms with Crippen molar-refractivity contribution >= 4 is 0 Å². The maximum Gasteiger partial charge on any atom is 0.0431 e. The van der Waals surface area contributed by atoms with Gasteiger partial charge in [-0.2, -0.15) is 0 Å². The number of aliphatic hydroxyl groups excluding tert-OH is 1. The first-order chi connectivity index (χ1) is 6.41. The Labute approximate surface area is 82.2 Å². The molecule has 0 bridgehead atoms. The van der Waals surface area contributed by atoms with E-state index in [-0.39, 0.29) is 0 Å². The molecule has 0 aromatic carbocycles. The van der Waals surface area contributed by atoms with Crippen molar-refractivity contribution in [2.24, 2.45) is 0 Å². The van der Waals surface area contributed by atoms with Crippen LogP contribution in [-0.2, 0) is 0 Å². The quantitative estimate of drug-likeness (QED) is 0.450. The summed E-state index contributed by atoms with van der Waals surface area (Å²) >= 11 is 0. The predicted octanol–water partition coefficient (Wildman–Crippen LogP) is 3.45. The van der Waals surface area contributed by atoms with E-state index in [1.54, 1.807) is 0 Å². The molecule has 0 fully saturated rings. The third-order valence-corrected chi connectivity index (χ3v) is 1.90. The minimum atomic E-state index is 0.342. The molecule has 0 aromatic heterocycles. The van der Waals surface area contributed by atoms with Crippen molar-refractivity contribution < 1.29 is 5.11 Å². The molecule has 0 aliphatic carbocycles. The largest absolute Gasteiger partial charge is 0.396 e. The van der Waals surface area contributed by atoms with Gasteiger partial charge in [-0.1, -0.05) is 44.1 Å². The summed E-state index contributed by atoms with van der Waals surface area (Å²) in [4.78, 5) is 0. The van der Waals surface area contributed by atoms with Gasteiger partial charge in [-0.3, -0.25) is 0 Å².